The Labute approximate surface area is 159 Å². The third-order valence-corrected chi connectivity index (χ3v) is 4.47. The Bertz CT molecular complexity index is 641. The van der Waals surface area contributed by atoms with Crippen molar-refractivity contribution in [1.29, 1.82) is 0 Å². The van der Waals surface area contributed by atoms with Gasteiger partial charge in [0, 0.05) is 30.6 Å². The zero-order valence-corrected chi connectivity index (χ0v) is 15.8. The Morgan fingerprint density at radius 1 is 1.07 bits per heavy atom. The molecule has 7 heteroatoms. The van der Waals surface area contributed by atoms with Gasteiger partial charge in [0.25, 0.3) is 5.91 Å². The lowest BCUT2D eigenvalue weighted by Gasteiger charge is -2.22. The first-order valence-corrected chi connectivity index (χ1v) is 9.45. The third-order valence-electron chi connectivity index (χ3n) is 4.47. The minimum Gasteiger partial charge on any atom is -0.497 e. The SMILES string of the molecule is COc1cccc(NC(=O)COC(=O)CCCC(=O)NC2CCCCC2)c1. The fourth-order valence-electron chi connectivity index (χ4n) is 3.06. The van der Waals surface area contributed by atoms with Crippen LogP contribution in [0.1, 0.15) is 51.4 Å². The Hall–Kier alpha value is -2.57. The van der Waals surface area contributed by atoms with Crippen molar-refractivity contribution in [1.82, 2.24) is 5.32 Å². The van der Waals surface area contributed by atoms with Gasteiger partial charge in [-0.3, -0.25) is 14.4 Å². The molecule has 1 aromatic carbocycles. The van der Waals surface area contributed by atoms with E-state index in [1.54, 1.807) is 24.3 Å². The van der Waals surface area contributed by atoms with Crippen molar-refractivity contribution in [3.63, 3.8) is 0 Å². The summed E-state index contributed by atoms with van der Waals surface area (Å²) in [6, 6.07) is 7.18. The molecular weight excluding hydrogens is 348 g/mol. The number of carbonyl (C=O) groups excluding carboxylic acids is 3. The fourth-order valence-corrected chi connectivity index (χ4v) is 3.06. The predicted molar refractivity (Wildman–Crippen MR) is 101 cm³/mol. The fraction of sp³-hybridized carbons (Fsp3) is 0.550. The van der Waals surface area contributed by atoms with E-state index < -0.39 is 11.9 Å². The Morgan fingerprint density at radius 2 is 1.85 bits per heavy atom. The second-order valence-electron chi connectivity index (χ2n) is 6.70. The van der Waals surface area contributed by atoms with E-state index in [4.69, 9.17) is 9.47 Å². The van der Waals surface area contributed by atoms with Gasteiger partial charge in [0.15, 0.2) is 6.61 Å². The van der Waals surface area contributed by atoms with Crippen molar-refractivity contribution in [2.75, 3.05) is 19.0 Å². The second kappa shape index (κ2) is 11.2. The van der Waals surface area contributed by atoms with E-state index in [1.807, 2.05) is 0 Å². The van der Waals surface area contributed by atoms with Crippen LogP contribution in [-0.2, 0) is 19.1 Å². The van der Waals surface area contributed by atoms with Crippen LogP contribution in [-0.4, -0.2) is 37.5 Å². The molecule has 0 radical (unpaired) electrons. The molecule has 0 saturated heterocycles. The number of anilines is 1. The van der Waals surface area contributed by atoms with Crippen LogP contribution in [0, 0.1) is 0 Å². The van der Waals surface area contributed by atoms with E-state index >= 15 is 0 Å². The topological polar surface area (TPSA) is 93.7 Å². The number of esters is 1. The van der Waals surface area contributed by atoms with E-state index in [9.17, 15) is 14.4 Å². The molecule has 2 rings (SSSR count). The lowest BCUT2D eigenvalue weighted by Crippen LogP contribution is -2.36. The molecule has 0 atom stereocenters. The second-order valence-corrected chi connectivity index (χ2v) is 6.70. The highest BCUT2D eigenvalue weighted by Crippen LogP contribution is 2.18. The van der Waals surface area contributed by atoms with Crippen LogP contribution in [0.3, 0.4) is 0 Å². The molecule has 7 nitrogen and oxygen atoms in total. The summed E-state index contributed by atoms with van der Waals surface area (Å²) in [5.74, 6) is -0.310. The lowest BCUT2D eigenvalue weighted by atomic mass is 9.95. The van der Waals surface area contributed by atoms with E-state index in [2.05, 4.69) is 10.6 Å². The summed E-state index contributed by atoms with van der Waals surface area (Å²) in [5.41, 5.74) is 0.565. The van der Waals surface area contributed by atoms with Crippen molar-refractivity contribution >= 4 is 23.5 Å². The number of hydrogen-bond acceptors (Lipinski definition) is 5. The van der Waals surface area contributed by atoms with Crippen LogP contribution in [0.4, 0.5) is 5.69 Å². The maximum absolute atomic E-state index is 11.9. The molecule has 1 aliphatic carbocycles. The molecule has 0 unspecified atom stereocenters. The molecule has 0 spiro atoms. The van der Waals surface area contributed by atoms with Crippen LogP contribution in [0.25, 0.3) is 0 Å². The van der Waals surface area contributed by atoms with Gasteiger partial charge in [-0.1, -0.05) is 25.3 Å². The molecule has 0 aliphatic heterocycles. The standard InChI is InChI=1S/C20H28N2O5/c1-26-17-10-5-9-16(13-17)22-19(24)14-27-20(25)12-6-11-18(23)21-15-7-3-2-4-8-15/h5,9-10,13,15H,2-4,6-8,11-12,14H2,1H3,(H,21,23)(H,22,24). The smallest absolute Gasteiger partial charge is 0.306 e. The molecule has 2 amide bonds. The molecule has 0 aromatic heterocycles. The Kier molecular flexibility index (Phi) is 8.61. The molecule has 1 aromatic rings. The van der Waals surface area contributed by atoms with E-state index in [0.29, 0.717) is 24.3 Å². The van der Waals surface area contributed by atoms with Crippen LogP contribution < -0.4 is 15.4 Å². The monoisotopic (exact) mass is 376 g/mol. The predicted octanol–water partition coefficient (Wildman–Crippen LogP) is 2.80. The van der Waals surface area contributed by atoms with Crippen LogP contribution in [0.15, 0.2) is 24.3 Å². The van der Waals surface area contributed by atoms with E-state index in [0.717, 1.165) is 25.7 Å². The molecule has 148 valence electrons. The quantitative estimate of drug-likeness (QED) is 0.647. The van der Waals surface area contributed by atoms with Crippen molar-refractivity contribution in [3.8, 4) is 5.75 Å². The number of hydrogen-bond donors (Lipinski definition) is 2. The average Bonchev–Trinajstić information content (AvgIpc) is 2.67. The van der Waals surface area contributed by atoms with Gasteiger partial charge in [-0.2, -0.15) is 0 Å². The van der Waals surface area contributed by atoms with Crippen LogP contribution in [0.2, 0.25) is 0 Å². The summed E-state index contributed by atoms with van der Waals surface area (Å²) >= 11 is 0. The highest BCUT2D eigenvalue weighted by atomic mass is 16.5. The molecule has 1 aliphatic rings. The zero-order valence-electron chi connectivity index (χ0n) is 15.8. The summed E-state index contributed by atoms with van der Waals surface area (Å²) in [5, 5.41) is 5.65. The van der Waals surface area contributed by atoms with Crippen LogP contribution in [0.5, 0.6) is 5.75 Å². The number of rotatable bonds is 9. The first-order valence-electron chi connectivity index (χ1n) is 9.45. The first-order chi connectivity index (χ1) is 13.1. The zero-order chi connectivity index (χ0) is 19.5. The number of carbonyl (C=O) groups is 3. The number of amides is 2. The minimum absolute atomic E-state index is 0.0227. The average molecular weight is 376 g/mol. The van der Waals surface area contributed by atoms with Crippen molar-refractivity contribution < 1.29 is 23.9 Å². The van der Waals surface area contributed by atoms with Gasteiger partial charge in [0.1, 0.15) is 5.75 Å². The van der Waals surface area contributed by atoms with E-state index in [1.165, 1.54) is 13.5 Å². The number of methoxy groups -OCH3 is 1. The number of ether oxygens (including phenoxy) is 2. The largest absolute Gasteiger partial charge is 0.497 e. The highest BCUT2D eigenvalue weighted by molar-refractivity contribution is 5.93. The van der Waals surface area contributed by atoms with Gasteiger partial charge in [0.05, 0.1) is 7.11 Å². The molecule has 0 heterocycles. The Morgan fingerprint density at radius 3 is 2.59 bits per heavy atom. The molecular formula is C20H28N2O5. The maximum atomic E-state index is 11.9. The van der Waals surface area contributed by atoms with Gasteiger partial charge in [-0.15, -0.1) is 0 Å². The third kappa shape index (κ3) is 8.11. The molecule has 2 N–H and O–H groups in total. The first kappa shape index (κ1) is 20.7. The van der Waals surface area contributed by atoms with Crippen molar-refractivity contribution in [2.24, 2.45) is 0 Å². The summed E-state index contributed by atoms with van der Waals surface area (Å²) in [6.07, 6.45) is 6.46. The van der Waals surface area contributed by atoms with Crippen LogP contribution >= 0.6 is 0 Å². The lowest BCUT2D eigenvalue weighted by molar-refractivity contribution is -0.147. The molecule has 1 saturated carbocycles. The van der Waals surface area contributed by atoms with Gasteiger partial charge >= 0.3 is 5.97 Å². The molecule has 1 fully saturated rings. The molecule has 0 bridgehead atoms. The maximum Gasteiger partial charge on any atom is 0.306 e. The number of nitrogens with one attached hydrogen (secondary N) is 2. The minimum atomic E-state index is -0.485. The highest BCUT2D eigenvalue weighted by Gasteiger charge is 2.16. The summed E-state index contributed by atoms with van der Waals surface area (Å²) in [7, 11) is 1.54. The van der Waals surface area contributed by atoms with Gasteiger partial charge < -0.3 is 20.1 Å². The molecule has 27 heavy (non-hydrogen) atoms. The van der Waals surface area contributed by atoms with Crippen molar-refractivity contribution in [3.05, 3.63) is 24.3 Å². The Balaban J connectivity index is 1.58. The van der Waals surface area contributed by atoms with Crippen molar-refractivity contribution in [2.45, 2.75) is 57.4 Å². The normalized spacial score (nSPS) is 14.3. The van der Waals surface area contributed by atoms with Gasteiger partial charge in [-0.05, 0) is 31.4 Å². The van der Waals surface area contributed by atoms with Gasteiger partial charge in [-0.25, -0.2) is 0 Å². The summed E-state index contributed by atoms with van der Waals surface area (Å²) in [6.45, 7) is -0.357. The number of benzene rings is 1. The summed E-state index contributed by atoms with van der Waals surface area (Å²) < 4.78 is 10.0. The summed E-state index contributed by atoms with van der Waals surface area (Å²) in [4.78, 5) is 35.4. The van der Waals surface area contributed by atoms with Gasteiger partial charge in [0.2, 0.25) is 5.91 Å². The van der Waals surface area contributed by atoms with E-state index in [-0.39, 0.29) is 25.0 Å².